The van der Waals surface area contributed by atoms with E-state index in [0.29, 0.717) is 0 Å². The Bertz CT molecular complexity index is 504. The van der Waals surface area contributed by atoms with Gasteiger partial charge in [0.15, 0.2) is 0 Å². The Morgan fingerprint density at radius 3 is 2.72 bits per heavy atom. The Morgan fingerprint density at radius 2 is 2.11 bits per heavy atom. The summed E-state index contributed by atoms with van der Waals surface area (Å²) >= 11 is 0. The van der Waals surface area contributed by atoms with Gasteiger partial charge in [0.05, 0.1) is 0 Å². The standard InChI is InChI=1S/C14H20N4/c1-11-5-3-4-6-12(11)9-13(17-15)10-14-16-7-8-18(14)2/h3-8,13,17H,9-10,15H2,1-2H3. The van der Waals surface area contributed by atoms with Crippen LogP contribution in [0.2, 0.25) is 0 Å². The van der Waals surface area contributed by atoms with E-state index in [-0.39, 0.29) is 6.04 Å². The smallest absolute Gasteiger partial charge is 0.109 e. The van der Waals surface area contributed by atoms with E-state index in [1.807, 2.05) is 24.0 Å². The van der Waals surface area contributed by atoms with Crippen molar-refractivity contribution in [3.05, 3.63) is 53.6 Å². The lowest BCUT2D eigenvalue weighted by molar-refractivity contribution is 0.504. The second-order valence-corrected chi connectivity index (χ2v) is 4.65. The summed E-state index contributed by atoms with van der Waals surface area (Å²) in [7, 11) is 2.00. The Labute approximate surface area is 108 Å². The van der Waals surface area contributed by atoms with E-state index in [0.717, 1.165) is 18.7 Å². The summed E-state index contributed by atoms with van der Waals surface area (Å²) in [5.74, 6) is 6.70. The minimum Gasteiger partial charge on any atom is -0.338 e. The first kappa shape index (κ1) is 12.8. The fourth-order valence-electron chi connectivity index (χ4n) is 2.11. The molecule has 1 heterocycles. The molecule has 0 spiro atoms. The molecule has 4 heteroatoms. The highest BCUT2D eigenvalue weighted by Crippen LogP contribution is 2.11. The molecule has 1 aromatic heterocycles. The molecule has 0 aliphatic heterocycles. The first-order valence-corrected chi connectivity index (χ1v) is 6.17. The Morgan fingerprint density at radius 1 is 1.33 bits per heavy atom. The molecule has 3 N–H and O–H groups in total. The van der Waals surface area contributed by atoms with Crippen LogP contribution in [-0.4, -0.2) is 15.6 Å². The van der Waals surface area contributed by atoms with Crippen molar-refractivity contribution in [2.45, 2.75) is 25.8 Å². The van der Waals surface area contributed by atoms with Crippen LogP contribution < -0.4 is 11.3 Å². The van der Waals surface area contributed by atoms with Crippen molar-refractivity contribution < 1.29 is 0 Å². The number of rotatable bonds is 5. The third kappa shape index (κ3) is 2.97. The Balaban J connectivity index is 2.06. The number of aryl methyl sites for hydroxylation is 2. The predicted octanol–water partition coefficient (Wildman–Crippen LogP) is 1.35. The molecule has 0 amide bonds. The number of hydrogen-bond donors (Lipinski definition) is 2. The zero-order valence-corrected chi connectivity index (χ0v) is 10.9. The second kappa shape index (κ2) is 5.80. The quantitative estimate of drug-likeness (QED) is 0.616. The van der Waals surface area contributed by atoms with Crippen molar-refractivity contribution in [2.24, 2.45) is 12.9 Å². The van der Waals surface area contributed by atoms with Gasteiger partial charge in [-0.15, -0.1) is 0 Å². The summed E-state index contributed by atoms with van der Waals surface area (Å²) < 4.78 is 2.03. The number of aromatic nitrogens is 2. The van der Waals surface area contributed by atoms with Gasteiger partial charge in [-0.2, -0.15) is 0 Å². The molecule has 2 aromatic rings. The maximum absolute atomic E-state index is 5.65. The van der Waals surface area contributed by atoms with Crippen LogP contribution >= 0.6 is 0 Å². The third-order valence-electron chi connectivity index (χ3n) is 3.31. The molecule has 0 aliphatic carbocycles. The Hall–Kier alpha value is -1.65. The van der Waals surface area contributed by atoms with Gasteiger partial charge in [-0.1, -0.05) is 24.3 Å². The first-order valence-electron chi connectivity index (χ1n) is 6.17. The molecule has 18 heavy (non-hydrogen) atoms. The summed E-state index contributed by atoms with van der Waals surface area (Å²) in [4.78, 5) is 4.33. The number of hydrazine groups is 1. The van der Waals surface area contributed by atoms with Crippen LogP contribution in [0.25, 0.3) is 0 Å². The lowest BCUT2D eigenvalue weighted by atomic mass is 9.99. The van der Waals surface area contributed by atoms with E-state index in [9.17, 15) is 0 Å². The maximum atomic E-state index is 5.65. The van der Waals surface area contributed by atoms with Crippen molar-refractivity contribution in [2.75, 3.05) is 0 Å². The summed E-state index contributed by atoms with van der Waals surface area (Å²) in [6.45, 7) is 2.13. The maximum Gasteiger partial charge on any atom is 0.109 e. The van der Waals surface area contributed by atoms with Crippen LogP contribution in [0.5, 0.6) is 0 Å². The predicted molar refractivity (Wildman–Crippen MR) is 72.9 cm³/mol. The number of hydrogen-bond acceptors (Lipinski definition) is 3. The molecule has 4 nitrogen and oxygen atoms in total. The van der Waals surface area contributed by atoms with Crippen LogP contribution in [0.4, 0.5) is 0 Å². The minimum absolute atomic E-state index is 0.201. The lowest BCUT2D eigenvalue weighted by Crippen LogP contribution is -2.39. The zero-order valence-electron chi connectivity index (χ0n) is 10.9. The summed E-state index contributed by atoms with van der Waals surface area (Å²) in [5, 5.41) is 0. The third-order valence-corrected chi connectivity index (χ3v) is 3.31. The molecule has 0 saturated heterocycles. The van der Waals surface area contributed by atoms with Gasteiger partial charge in [0.2, 0.25) is 0 Å². The van der Waals surface area contributed by atoms with Gasteiger partial charge in [-0.05, 0) is 24.5 Å². The Kier molecular flexibility index (Phi) is 4.12. The molecule has 96 valence electrons. The number of nitrogens with one attached hydrogen (secondary N) is 1. The summed E-state index contributed by atoms with van der Waals surface area (Å²) in [6, 6.07) is 8.60. The SMILES string of the molecule is Cc1ccccc1CC(Cc1nccn1C)NN. The van der Waals surface area contributed by atoms with Crippen LogP contribution in [0.3, 0.4) is 0 Å². The second-order valence-electron chi connectivity index (χ2n) is 4.65. The molecule has 1 unspecified atom stereocenters. The number of imidazole rings is 1. The number of nitrogens with two attached hydrogens (primary N) is 1. The largest absolute Gasteiger partial charge is 0.338 e. The highest BCUT2D eigenvalue weighted by Gasteiger charge is 2.12. The van der Waals surface area contributed by atoms with Crippen molar-refractivity contribution in [3.63, 3.8) is 0 Å². The fraction of sp³-hybridized carbons (Fsp3) is 0.357. The van der Waals surface area contributed by atoms with Crippen molar-refractivity contribution >= 4 is 0 Å². The van der Waals surface area contributed by atoms with Crippen LogP contribution in [0.1, 0.15) is 17.0 Å². The van der Waals surface area contributed by atoms with Gasteiger partial charge in [0, 0.05) is 31.9 Å². The summed E-state index contributed by atoms with van der Waals surface area (Å²) in [6.07, 6.45) is 5.51. The van der Waals surface area contributed by atoms with Gasteiger partial charge in [-0.25, -0.2) is 4.98 Å². The molecule has 1 atom stereocenters. The fourth-order valence-corrected chi connectivity index (χ4v) is 2.11. The molecule has 1 aromatic carbocycles. The van der Waals surface area contributed by atoms with Crippen molar-refractivity contribution in [3.8, 4) is 0 Å². The average molecular weight is 244 g/mol. The molecule has 0 radical (unpaired) electrons. The zero-order chi connectivity index (χ0) is 13.0. The monoisotopic (exact) mass is 244 g/mol. The van der Waals surface area contributed by atoms with Gasteiger partial charge in [-0.3, -0.25) is 11.3 Å². The first-order chi connectivity index (χ1) is 8.70. The molecule has 0 bridgehead atoms. The molecular formula is C14H20N4. The molecular weight excluding hydrogens is 224 g/mol. The van der Waals surface area contributed by atoms with Crippen molar-refractivity contribution in [1.82, 2.24) is 15.0 Å². The van der Waals surface area contributed by atoms with E-state index in [4.69, 9.17) is 5.84 Å². The van der Waals surface area contributed by atoms with E-state index in [1.54, 1.807) is 0 Å². The minimum atomic E-state index is 0.201. The average Bonchev–Trinajstić information content (AvgIpc) is 2.77. The van der Waals surface area contributed by atoms with E-state index < -0.39 is 0 Å². The lowest BCUT2D eigenvalue weighted by Gasteiger charge is -2.17. The van der Waals surface area contributed by atoms with E-state index >= 15 is 0 Å². The molecule has 0 saturated carbocycles. The van der Waals surface area contributed by atoms with E-state index in [1.165, 1.54) is 11.1 Å². The normalized spacial score (nSPS) is 12.6. The molecule has 0 fully saturated rings. The number of benzene rings is 1. The van der Waals surface area contributed by atoms with Gasteiger partial charge in [0.1, 0.15) is 5.82 Å². The molecule has 2 rings (SSSR count). The van der Waals surface area contributed by atoms with Crippen LogP contribution in [-0.2, 0) is 19.9 Å². The van der Waals surface area contributed by atoms with Crippen molar-refractivity contribution in [1.29, 1.82) is 0 Å². The molecule has 0 aliphatic rings. The van der Waals surface area contributed by atoms with Gasteiger partial charge < -0.3 is 4.57 Å². The van der Waals surface area contributed by atoms with Gasteiger partial charge >= 0.3 is 0 Å². The summed E-state index contributed by atoms with van der Waals surface area (Å²) in [5.41, 5.74) is 5.52. The van der Waals surface area contributed by atoms with Gasteiger partial charge in [0.25, 0.3) is 0 Å². The highest BCUT2D eigenvalue weighted by molar-refractivity contribution is 5.26. The van der Waals surface area contributed by atoms with Crippen LogP contribution in [0.15, 0.2) is 36.7 Å². The number of nitrogens with zero attached hydrogens (tertiary/aromatic N) is 2. The highest BCUT2D eigenvalue weighted by atomic mass is 15.2. The van der Waals surface area contributed by atoms with Crippen LogP contribution in [0, 0.1) is 6.92 Å². The van der Waals surface area contributed by atoms with E-state index in [2.05, 4.69) is 41.6 Å². The topological polar surface area (TPSA) is 55.9 Å².